The van der Waals surface area contributed by atoms with Crippen molar-refractivity contribution >= 4 is 15.9 Å². The third kappa shape index (κ3) is 3.70. The lowest BCUT2D eigenvalue weighted by Gasteiger charge is -2.09. The number of aryl methyl sites for hydroxylation is 1. The maximum atomic E-state index is 5.74. The first kappa shape index (κ1) is 13.9. The van der Waals surface area contributed by atoms with Gasteiger partial charge in [-0.05, 0) is 65.2 Å². The zero-order chi connectivity index (χ0) is 13.7. The van der Waals surface area contributed by atoms with E-state index < -0.39 is 0 Å². The molecule has 2 aromatic rings. The molecule has 1 heterocycles. The molecule has 0 saturated carbocycles. The van der Waals surface area contributed by atoms with Crippen LogP contribution in [0.3, 0.4) is 0 Å². The summed E-state index contributed by atoms with van der Waals surface area (Å²) in [6, 6.07) is 9.48. The highest BCUT2D eigenvalue weighted by molar-refractivity contribution is 9.10. The quantitative estimate of drug-likeness (QED) is 0.797. The fourth-order valence-corrected chi connectivity index (χ4v) is 1.84. The van der Waals surface area contributed by atoms with Gasteiger partial charge in [0.15, 0.2) is 0 Å². The van der Waals surface area contributed by atoms with Crippen molar-refractivity contribution in [3.05, 3.63) is 46.6 Å². The molecule has 0 N–H and O–H groups in total. The molecular weight excluding hydrogens is 306 g/mol. The van der Waals surface area contributed by atoms with Crippen LogP contribution < -0.4 is 9.47 Å². The third-order valence-electron chi connectivity index (χ3n) is 2.56. The lowest BCUT2D eigenvalue weighted by Crippen LogP contribution is -1.95. The van der Waals surface area contributed by atoms with Crippen LogP contribution >= 0.6 is 15.9 Å². The molecule has 0 bridgehead atoms. The molecule has 4 heteroatoms. The van der Waals surface area contributed by atoms with Gasteiger partial charge in [0, 0.05) is 6.20 Å². The van der Waals surface area contributed by atoms with E-state index in [2.05, 4.69) is 27.8 Å². The van der Waals surface area contributed by atoms with Crippen molar-refractivity contribution in [1.29, 1.82) is 0 Å². The summed E-state index contributed by atoms with van der Waals surface area (Å²) in [6.07, 6.45) is 2.73. The number of aromatic nitrogens is 1. The Kier molecular flexibility index (Phi) is 4.80. The minimum atomic E-state index is 0.572. The van der Waals surface area contributed by atoms with Crippen LogP contribution in [0.4, 0.5) is 0 Å². The molecule has 1 aromatic heterocycles. The van der Waals surface area contributed by atoms with E-state index in [0.717, 1.165) is 34.6 Å². The molecule has 2 rings (SSSR count). The fourth-order valence-electron chi connectivity index (χ4n) is 1.52. The normalized spacial score (nSPS) is 10.3. The number of rotatable bonds is 5. The minimum Gasteiger partial charge on any atom is -0.494 e. The van der Waals surface area contributed by atoms with Crippen LogP contribution in [0.15, 0.2) is 41.0 Å². The summed E-state index contributed by atoms with van der Waals surface area (Å²) in [6.45, 7) is 4.81. The SMILES string of the molecule is CCCOc1ccc(Oc2nccc(C)c2Br)cc1. The molecule has 0 amide bonds. The Morgan fingerprint density at radius 2 is 1.79 bits per heavy atom. The van der Waals surface area contributed by atoms with Gasteiger partial charge in [0.2, 0.25) is 5.88 Å². The van der Waals surface area contributed by atoms with E-state index in [0.29, 0.717) is 5.88 Å². The van der Waals surface area contributed by atoms with Crippen molar-refractivity contribution in [2.75, 3.05) is 6.61 Å². The molecule has 0 fully saturated rings. The van der Waals surface area contributed by atoms with Crippen LogP contribution in [-0.2, 0) is 0 Å². The topological polar surface area (TPSA) is 31.4 Å². The number of pyridine rings is 1. The van der Waals surface area contributed by atoms with Gasteiger partial charge in [0.1, 0.15) is 11.5 Å². The van der Waals surface area contributed by atoms with Crippen LogP contribution in [0.2, 0.25) is 0 Å². The van der Waals surface area contributed by atoms with Gasteiger partial charge < -0.3 is 9.47 Å². The van der Waals surface area contributed by atoms with E-state index in [1.807, 2.05) is 37.3 Å². The van der Waals surface area contributed by atoms with E-state index in [9.17, 15) is 0 Å². The highest BCUT2D eigenvalue weighted by Crippen LogP contribution is 2.30. The highest BCUT2D eigenvalue weighted by atomic mass is 79.9. The lowest BCUT2D eigenvalue weighted by molar-refractivity contribution is 0.317. The number of hydrogen-bond acceptors (Lipinski definition) is 3. The first-order valence-corrected chi connectivity index (χ1v) is 7.02. The number of hydrogen-bond donors (Lipinski definition) is 0. The fraction of sp³-hybridized carbons (Fsp3) is 0.267. The van der Waals surface area contributed by atoms with Gasteiger partial charge >= 0.3 is 0 Å². The molecule has 3 nitrogen and oxygen atoms in total. The molecule has 100 valence electrons. The van der Waals surface area contributed by atoms with Gasteiger partial charge in [-0.2, -0.15) is 0 Å². The number of halogens is 1. The standard InChI is InChI=1S/C15H16BrNO2/c1-3-10-18-12-4-6-13(7-5-12)19-15-14(16)11(2)8-9-17-15/h4-9H,3,10H2,1-2H3. The van der Waals surface area contributed by atoms with Gasteiger partial charge in [-0.1, -0.05) is 6.92 Å². The Morgan fingerprint density at radius 1 is 1.11 bits per heavy atom. The molecule has 0 saturated heterocycles. The summed E-state index contributed by atoms with van der Waals surface area (Å²) in [7, 11) is 0. The van der Waals surface area contributed by atoms with Gasteiger partial charge in [0.05, 0.1) is 11.1 Å². The molecule has 0 radical (unpaired) electrons. The second-order valence-corrected chi connectivity index (χ2v) is 4.96. The van der Waals surface area contributed by atoms with Crippen molar-refractivity contribution in [1.82, 2.24) is 4.98 Å². The molecule has 0 aliphatic rings. The second kappa shape index (κ2) is 6.57. The van der Waals surface area contributed by atoms with Crippen LogP contribution in [-0.4, -0.2) is 11.6 Å². The van der Waals surface area contributed by atoms with Crippen molar-refractivity contribution in [3.63, 3.8) is 0 Å². The molecule has 1 aromatic carbocycles. The summed E-state index contributed by atoms with van der Waals surface area (Å²) in [5.74, 6) is 2.16. The average molecular weight is 322 g/mol. The lowest BCUT2D eigenvalue weighted by atomic mass is 10.3. The summed E-state index contributed by atoms with van der Waals surface area (Å²) in [5, 5.41) is 0. The van der Waals surface area contributed by atoms with E-state index >= 15 is 0 Å². The number of nitrogens with zero attached hydrogens (tertiary/aromatic N) is 1. The first-order valence-electron chi connectivity index (χ1n) is 6.22. The minimum absolute atomic E-state index is 0.572. The monoisotopic (exact) mass is 321 g/mol. The molecule has 0 atom stereocenters. The Bertz CT molecular complexity index is 540. The molecule has 0 spiro atoms. The molecule has 0 aliphatic heterocycles. The maximum absolute atomic E-state index is 5.74. The summed E-state index contributed by atoms with van der Waals surface area (Å²) >= 11 is 3.47. The van der Waals surface area contributed by atoms with Crippen molar-refractivity contribution in [2.45, 2.75) is 20.3 Å². The van der Waals surface area contributed by atoms with Gasteiger partial charge in [-0.3, -0.25) is 0 Å². The van der Waals surface area contributed by atoms with E-state index in [1.165, 1.54) is 0 Å². The molecule has 0 aliphatic carbocycles. The number of ether oxygens (including phenoxy) is 2. The van der Waals surface area contributed by atoms with Crippen molar-refractivity contribution in [3.8, 4) is 17.4 Å². The smallest absolute Gasteiger partial charge is 0.233 e. The zero-order valence-corrected chi connectivity index (χ0v) is 12.6. The Labute approximate surface area is 121 Å². The molecule has 19 heavy (non-hydrogen) atoms. The first-order chi connectivity index (χ1) is 9.20. The Morgan fingerprint density at radius 3 is 2.47 bits per heavy atom. The van der Waals surface area contributed by atoms with Crippen molar-refractivity contribution < 1.29 is 9.47 Å². The summed E-state index contributed by atoms with van der Waals surface area (Å²) < 4.78 is 12.1. The molecule has 0 unspecified atom stereocenters. The van der Waals surface area contributed by atoms with Crippen molar-refractivity contribution in [2.24, 2.45) is 0 Å². The predicted octanol–water partition coefficient (Wildman–Crippen LogP) is 4.73. The largest absolute Gasteiger partial charge is 0.494 e. The highest BCUT2D eigenvalue weighted by Gasteiger charge is 2.06. The molecular formula is C15H16BrNO2. The Hall–Kier alpha value is -1.55. The number of benzene rings is 1. The zero-order valence-electron chi connectivity index (χ0n) is 11.0. The van der Waals surface area contributed by atoms with Gasteiger partial charge in [-0.25, -0.2) is 4.98 Å². The average Bonchev–Trinajstić information content (AvgIpc) is 2.43. The van der Waals surface area contributed by atoms with Gasteiger partial charge in [0.25, 0.3) is 0 Å². The van der Waals surface area contributed by atoms with Crippen LogP contribution in [0, 0.1) is 6.92 Å². The summed E-state index contributed by atoms with van der Waals surface area (Å²) in [4.78, 5) is 4.21. The van der Waals surface area contributed by atoms with E-state index in [-0.39, 0.29) is 0 Å². The third-order valence-corrected chi connectivity index (χ3v) is 3.53. The predicted molar refractivity (Wildman–Crippen MR) is 79.0 cm³/mol. The van der Waals surface area contributed by atoms with Gasteiger partial charge in [-0.15, -0.1) is 0 Å². The Balaban J connectivity index is 2.09. The van der Waals surface area contributed by atoms with Crippen LogP contribution in [0.25, 0.3) is 0 Å². The van der Waals surface area contributed by atoms with Crippen LogP contribution in [0.5, 0.6) is 17.4 Å². The second-order valence-electron chi connectivity index (χ2n) is 4.17. The van der Waals surface area contributed by atoms with E-state index in [1.54, 1.807) is 6.20 Å². The van der Waals surface area contributed by atoms with E-state index in [4.69, 9.17) is 9.47 Å². The summed E-state index contributed by atoms with van der Waals surface area (Å²) in [5.41, 5.74) is 1.09. The van der Waals surface area contributed by atoms with Crippen LogP contribution in [0.1, 0.15) is 18.9 Å². The maximum Gasteiger partial charge on any atom is 0.233 e.